The van der Waals surface area contributed by atoms with Crippen molar-refractivity contribution in [1.29, 1.82) is 0 Å². The summed E-state index contributed by atoms with van der Waals surface area (Å²) in [5.74, 6) is 1.01. The normalized spacial score (nSPS) is 18.4. The first-order valence-corrected chi connectivity index (χ1v) is 5.60. The molecule has 14 heavy (non-hydrogen) atoms. The second-order valence-corrected chi connectivity index (χ2v) is 4.25. The fourth-order valence-corrected chi connectivity index (χ4v) is 1.79. The van der Waals surface area contributed by atoms with Crippen molar-refractivity contribution in [2.24, 2.45) is 5.92 Å². The summed E-state index contributed by atoms with van der Waals surface area (Å²) in [5.41, 5.74) is 1.18. The zero-order valence-corrected chi connectivity index (χ0v) is 8.79. The predicted molar refractivity (Wildman–Crippen MR) is 56.8 cm³/mol. The highest BCUT2D eigenvalue weighted by Gasteiger charge is 2.24. The number of aromatic amines is 1. The summed E-state index contributed by atoms with van der Waals surface area (Å²) in [6.45, 7) is 3.18. The molecule has 0 saturated heterocycles. The number of H-pyrrole nitrogens is 1. The molecule has 1 saturated carbocycles. The lowest BCUT2D eigenvalue weighted by Gasteiger charge is -2.15. The van der Waals surface area contributed by atoms with Crippen LogP contribution in [-0.2, 0) is 6.54 Å². The second kappa shape index (κ2) is 4.60. The first-order valence-electron chi connectivity index (χ1n) is 5.60. The second-order valence-electron chi connectivity index (χ2n) is 4.25. The van der Waals surface area contributed by atoms with E-state index in [9.17, 15) is 0 Å². The van der Waals surface area contributed by atoms with E-state index < -0.39 is 0 Å². The Bertz CT molecular complexity index is 252. The Morgan fingerprint density at radius 3 is 3.07 bits per heavy atom. The predicted octanol–water partition coefficient (Wildman–Crippen LogP) is 2.08. The van der Waals surface area contributed by atoms with Crippen LogP contribution in [0.3, 0.4) is 0 Å². The molecule has 3 heteroatoms. The van der Waals surface area contributed by atoms with Crippen LogP contribution in [-0.4, -0.2) is 16.2 Å². The molecular formula is C11H19N3. The Labute approximate surface area is 85.3 Å². The van der Waals surface area contributed by atoms with Crippen molar-refractivity contribution < 1.29 is 0 Å². The summed E-state index contributed by atoms with van der Waals surface area (Å²) in [4.78, 5) is 0. The summed E-state index contributed by atoms with van der Waals surface area (Å²) in [5, 5.41) is 10.5. The average molecular weight is 193 g/mol. The van der Waals surface area contributed by atoms with Crippen LogP contribution in [0.1, 0.15) is 38.3 Å². The van der Waals surface area contributed by atoms with Crippen molar-refractivity contribution in [3.8, 4) is 0 Å². The van der Waals surface area contributed by atoms with Gasteiger partial charge in [-0.05, 0) is 24.8 Å². The van der Waals surface area contributed by atoms with E-state index in [2.05, 4.69) is 22.4 Å². The van der Waals surface area contributed by atoms with Gasteiger partial charge in [0, 0.05) is 24.5 Å². The van der Waals surface area contributed by atoms with Crippen molar-refractivity contribution in [1.82, 2.24) is 15.5 Å². The summed E-state index contributed by atoms with van der Waals surface area (Å²) in [6, 6.07) is 2.71. The number of nitrogens with zero attached hydrogens (tertiary/aromatic N) is 1. The minimum Gasteiger partial charge on any atom is -0.308 e. The van der Waals surface area contributed by atoms with Gasteiger partial charge in [-0.1, -0.05) is 19.8 Å². The Hall–Kier alpha value is -0.830. The molecule has 1 heterocycles. The standard InChI is InChI=1S/C11H19N3/c1-2-10(7-9-3-4-9)12-8-11-5-6-13-14-11/h5-6,9-10,12H,2-4,7-8H2,1H3,(H,13,14). The minimum absolute atomic E-state index is 0.686. The molecule has 78 valence electrons. The first kappa shape index (κ1) is 9.71. The monoisotopic (exact) mass is 193 g/mol. The molecule has 1 aliphatic carbocycles. The highest BCUT2D eigenvalue weighted by atomic mass is 15.1. The van der Waals surface area contributed by atoms with E-state index in [4.69, 9.17) is 0 Å². The van der Waals surface area contributed by atoms with Crippen LogP contribution < -0.4 is 5.32 Å². The van der Waals surface area contributed by atoms with E-state index >= 15 is 0 Å². The Balaban J connectivity index is 1.71. The minimum atomic E-state index is 0.686. The average Bonchev–Trinajstić information content (AvgIpc) is 2.86. The fourth-order valence-electron chi connectivity index (χ4n) is 1.79. The maximum absolute atomic E-state index is 3.93. The van der Waals surface area contributed by atoms with Crippen LogP contribution in [0.15, 0.2) is 12.3 Å². The van der Waals surface area contributed by atoms with Gasteiger partial charge in [-0.15, -0.1) is 0 Å². The van der Waals surface area contributed by atoms with Gasteiger partial charge >= 0.3 is 0 Å². The summed E-state index contributed by atoms with van der Waals surface area (Å²) in [7, 11) is 0. The molecule has 1 aromatic rings. The third-order valence-electron chi connectivity index (χ3n) is 2.95. The van der Waals surface area contributed by atoms with Crippen LogP contribution in [0.4, 0.5) is 0 Å². The van der Waals surface area contributed by atoms with E-state index in [-0.39, 0.29) is 0 Å². The number of rotatable bonds is 6. The van der Waals surface area contributed by atoms with Gasteiger partial charge in [-0.3, -0.25) is 5.10 Å². The highest BCUT2D eigenvalue weighted by molar-refractivity contribution is 4.97. The zero-order chi connectivity index (χ0) is 9.80. The van der Waals surface area contributed by atoms with Gasteiger partial charge in [0.15, 0.2) is 0 Å². The molecule has 1 atom stereocenters. The number of nitrogens with one attached hydrogen (secondary N) is 2. The molecule has 0 aromatic carbocycles. The molecule has 1 fully saturated rings. The lowest BCUT2D eigenvalue weighted by molar-refractivity contribution is 0.442. The molecule has 1 unspecified atom stereocenters. The quantitative estimate of drug-likeness (QED) is 0.726. The first-order chi connectivity index (χ1) is 6.88. The van der Waals surface area contributed by atoms with Crippen LogP contribution in [0.2, 0.25) is 0 Å². The molecule has 0 amide bonds. The molecule has 0 radical (unpaired) electrons. The van der Waals surface area contributed by atoms with Crippen molar-refractivity contribution in [2.75, 3.05) is 0 Å². The summed E-state index contributed by atoms with van der Waals surface area (Å²) < 4.78 is 0. The Morgan fingerprint density at radius 1 is 1.64 bits per heavy atom. The molecular weight excluding hydrogens is 174 g/mol. The van der Waals surface area contributed by atoms with E-state index in [1.54, 1.807) is 6.20 Å². The fraction of sp³-hybridized carbons (Fsp3) is 0.727. The van der Waals surface area contributed by atoms with Gasteiger partial charge in [-0.2, -0.15) is 5.10 Å². The molecule has 2 N–H and O–H groups in total. The third kappa shape index (κ3) is 2.84. The van der Waals surface area contributed by atoms with Crippen LogP contribution in [0.5, 0.6) is 0 Å². The maximum atomic E-state index is 3.93. The van der Waals surface area contributed by atoms with Gasteiger partial charge < -0.3 is 5.32 Å². The summed E-state index contributed by atoms with van der Waals surface area (Å²) in [6.07, 6.45) is 7.28. The molecule has 1 aliphatic rings. The van der Waals surface area contributed by atoms with Gasteiger partial charge in [-0.25, -0.2) is 0 Å². The van der Waals surface area contributed by atoms with Crippen LogP contribution >= 0.6 is 0 Å². The molecule has 2 rings (SSSR count). The lowest BCUT2D eigenvalue weighted by Crippen LogP contribution is -2.28. The molecule has 0 bridgehead atoms. The van der Waals surface area contributed by atoms with E-state index in [0.717, 1.165) is 12.5 Å². The van der Waals surface area contributed by atoms with Gasteiger partial charge in [0.05, 0.1) is 0 Å². The van der Waals surface area contributed by atoms with Gasteiger partial charge in [0.2, 0.25) is 0 Å². The lowest BCUT2D eigenvalue weighted by atomic mass is 10.1. The Morgan fingerprint density at radius 2 is 2.50 bits per heavy atom. The topological polar surface area (TPSA) is 40.7 Å². The summed E-state index contributed by atoms with van der Waals surface area (Å²) >= 11 is 0. The van der Waals surface area contributed by atoms with Gasteiger partial charge in [0.1, 0.15) is 0 Å². The molecule has 0 aliphatic heterocycles. The Kier molecular flexibility index (Phi) is 3.19. The maximum Gasteiger partial charge on any atom is 0.0490 e. The van der Waals surface area contributed by atoms with E-state index in [1.165, 1.54) is 31.4 Å². The molecule has 3 nitrogen and oxygen atoms in total. The largest absolute Gasteiger partial charge is 0.308 e. The van der Waals surface area contributed by atoms with Crippen LogP contribution in [0.25, 0.3) is 0 Å². The number of hydrogen-bond acceptors (Lipinski definition) is 2. The highest BCUT2D eigenvalue weighted by Crippen LogP contribution is 2.34. The smallest absolute Gasteiger partial charge is 0.0490 e. The van der Waals surface area contributed by atoms with Crippen molar-refractivity contribution in [2.45, 2.75) is 45.2 Å². The zero-order valence-electron chi connectivity index (χ0n) is 8.79. The van der Waals surface area contributed by atoms with Gasteiger partial charge in [0.25, 0.3) is 0 Å². The van der Waals surface area contributed by atoms with E-state index in [0.29, 0.717) is 6.04 Å². The van der Waals surface area contributed by atoms with Crippen molar-refractivity contribution in [3.63, 3.8) is 0 Å². The van der Waals surface area contributed by atoms with Crippen molar-refractivity contribution >= 4 is 0 Å². The molecule has 0 spiro atoms. The van der Waals surface area contributed by atoms with E-state index in [1.807, 2.05) is 6.07 Å². The third-order valence-corrected chi connectivity index (χ3v) is 2.95. The number of hydrogen-bond donors (Lipinski definition) is 2. The van der Waals surface area contributed by atoms with Crippen LogP contribution in [0, 0.1) is 5.92 Å². The SMILES string of the molecule is CCC(CC1CC1)NCc1ccn[nH]1. The molecule has 1 aromatic heterocycles. The van der Waals surface area contributed by atoms with Crippen molar-refractivity contribution in [3.05, 3.63) is 18.0 Å². The number of aromatic nitrogens is 2.